The summed E-state index contributed by atoms with van der Waals surface area (Å²) in [6.07, 6.45) is 1.70. The molecule has 4 heterocycles. The van der Waals surface area contributed by atoms with Crippen LogP contribution in [-0.4, -0.2) is 16.2 Å². The lowest BCUT2D eigenvalue weighted by atomic mass is 9.82. The van der Waals surface area contributed by atoms with Crippen molar-refractivity contribution in [2.75, 3.05) is 16.5 Å². The smallest absolute Gasteiger partial charge is 0.228 e. The molecule has 61 heavy (non-hydrogen) atoms. The third-order valence-electron chi connectivity index (χ3n) is 12.0. The predicted molar refractivity (Wildman–Crippen MR) is 251 cm³/mol. The second-order valence-electron chi connectivity index (χ2n) is 17.0. The van der Waals surface area contributed by atoms with E-state index < -0.39 is 0 Å². The molecule has 1 aliphatic heterocycles. The van der Waals surface area contributed by atoms with Gasteiger partial charge >= 0.3 is 0 Å². The van der Waals surface area contributed by atoms with Crippen LogP contribution in [0.5, 0.6) is 11.5 Å². The number of pyridine rings is 1. The molecule has 0 spiro atoms. The fourth-order valence-corrected chi connectivity index (χ4v) is 8.98. The summed E-state index contributed by atoms with van der Waals surface area (Å²) < 4.78 is 14.8. The molecule has 6 heteroatoms. The van der Waals surface area contributed by atoms with Crippen molar-refractivity contribution in [3.63, 3.8) is 0 Å². The van der Waals surface area contributed by atoms with E-state index in [2.05, 4.69) is 206 Å². The van der Waals surface area contributed by atoms with Gasteiger partial charge in [0.1, 0.15) is 24.0 Å². The zero-order valence-electron chi connectivity index (χ0n) is 34.6. The van der Waals surface area contributed by atoms with Gasteiger partial charge in [0, 0.05) is 45.1 Å². The van der Waals surface area contributed by atoms with Crippen molar-refractivity contribution >= 4 is 55.7 Å². The Labute approximate surface area is 355 Å². The summed E-state index contributed by atoms with van der Waals surface area (Å²) in [4.78, 5) is 9.84. The van der Waals surface area contributed by atoms with E-state index in [0.29, 0.717) is 12.4 Å². The zero-order valence-corrected chi connectivity index (χ0v) is 34.6. The Kier molecular flexibility index (Phi) is 8.57. The lowest BCUT2D eigenvalue weighted by Gasteiger charge is -2.30. The Hall–Kier alpha value is -7.57. The van der Waals surface area contributed by atoms with Gasteiger partial charge in [-0.2, -0.15) is 4.98 Å². The van der Waals surface area contributed by atoms with Crippen LogP contribution >= 0.6 is 0 Å². The number of nitrogens with zero attached hydrogens (tertiary/aromatic N) is 4. The normalized spacial score (nSPS) is 12.8. The highest BCUT2D eigenvalue weighted by Gasteiger charge is 2.32. The van der Waals surface area contributed by atoms with E-state index in [1.54, 1.807) is 6.26 Å². The summed E-state index contributed by atoms with van der Waals surface area (Å²) in [5.74, 6) is 2.30. The summed E-state index contributed by atoms with van der Waals surface area (Å²) in [6.45, 7) is 9.61. The SMILES string of the molecule is Cc1cc(-n2c3ccccc3c3ccc(Oc4cccc(N5CN(c6c(-c7ccccc7)cc(C(C)(C)C)cc6-c6ccccc6)c6ccccc65)c4)cc32)nc2occc12. The number of rotatable bonds is 7. The van der Waals surface area contributed by atoms with Crippen molar-refractivity contribution in [1.82, 2.24) is 9.55 Å². The van der Waals surface area contributed by atoms with Crippen LogP contribution in [0.4, 0.5) is 22.7 Å². The highest BCUT2D eigenvalue weighted by atomic mass is 16.5. The van der Waals surface area contributed by atoms with Crippen LogP contribution in [0.1, 0.15) is 31.9 Å². The quantitative estimate of drug-likeness (QED) is 0.161. The van der Waals surface area contributed by atoms with E-state index >= 15 is 0 Å². The molecule has 0 saturated carbocycles. The van der Waals surface area contributed by atoms with Crippen LogP contribution in [0.15, 0.2) is 187 Å². The summed E-state index contributed by atoms with van der Waals surface area (Å²) in [5, 5.41) is 3.30. The Bertz CT molecular complexity index is 3210. The lowest BCUT2D eigenvalue weighted by molar-refractivity contribution is 0.483. The first kappa shape index (κ1) is 36.5. The fourth-order valence-electron chi connectivity index (χ4n) is 8.98. The number of hydrogen-bond acceptors (Lipinski definition) is 5. The van der Waals surface area contributed by atoms with Gasteiger partial charge in [-0.15, -0.1) is 0 Å². The van der Waals surface area contributed by atoms with Gasteiger partial charge in [-0.05, 0) is 101 Å². The second-order valence-corrected chi connectivity index (χ2v) is 17.0. The molecule has 1 aliphatic rings. The van der Waals surface area contributed by atoms with Crippen molar-refractivity contribution in [2.45, 2.75) is 33.1 Å². The lowest BCUT2D eigenvalue weighted by Crippen LogP contribution is -2.25. The largest absolute Gasteiger partial charge is 0.457 e. The predicted octanol–water partition coefficient (Wildman–Crippen LogP) is 14.9. The van der Waals surface area contributed by atoms with Crippen LogP contribution in [-0.2, 0) is 5.41 Å². The molecule has 0 atom stereocenters. The molecule has 0 amide bonds. The van der Waals surface area contributed by atoms with E-state index in [-0.39, 0.29) is 5.41 Å². The zero-order chi connectivity index (χ0) is 41.2. The summed E-state index contributed by atoms with van der Waals surface area (Å²) >= 11 is 0. The Morgan fingerprint density at radius 1 is 0.557 bits per heavy atom. The topological polar surface area (TPSA) is 46.7 Å². The molecule has 10 aromatic rings. The van der Waals surface area contributed by atoms with Crippen LogP contribution < -0.4 is 14.5 Å². The molecule has 11 rings (SSSR count). The first-order chi connectivity index (χ1) is 29.8. The number of para-hydroxylation sites is 3. The molecule has 0 fully saturated rings. The molecule has 7 aromatic carbocycles. The van der Waals surface area contributed by atoms with E-state index in [9.17, 15) is 0 Å². The van der Waals surface area contributed by atoms with Crippen LogP contribution in [0, 0.1) is 6.92 Å². The van der Waals surface area contributed by atoms with Crippen molar-refractivity contribution < 1.29 is 9.15 Å². The van der Waals surface area contributed by atoms with Crippen LogP contribution in [0.25, 0.3) is 61.0 Å². The maximum atomic E-state index is 6.76. The van der Waals surface area contributed by atoms with Gasteiger partial charge in [0.15, 0.2) is 0 Å². The van der Waals surface area contributed by atoms with Crippen LogP contribution in [0.2, 0.25) is 0 Å². The maximum absolute atomic E-state index is 6.76. The van der Waals surface area contributed by atoms with E-state index in [0.717, 1.165) is 67.1 Å². The number of aromatic nitrogens is 2. The molecule has 0 N–H and O–H groups in total. The Balaban J connectivity index is 0.998. The van der Waals surface area contributed by atoms with Gasteiger partial charge in [-0.25, -0.2) is 0 Å². The number of benzene rings is 7. The van der Waals surface area contributed by atoms with Gasteiger partial charge in [-0.3, -0.25) is 4.57 Å². The molecule has 0 radical (unpaired) electrons. The summed E-state index contributed by atoms with van der Waals surface area (Å²) in [6, 6.07) is 62.5. The first-order valence-corrected chi connectivity index (χ1v) is 20.9. The average Bonchev–Trinajstić information content (AvgIpc) is 4.01. The van der Waals surface area contributed by atoms with E-state index in [4.69, 9.17) is 14.1 Å². The minimum Gasteiger partial charge on any atom is -0.457 e. The second kappa shape index (κ2) is 14.3. The van der Waals surface area contributed by atoms with Crippen molar-refractivity contribution in [3.05, 3.63) is 193 Å². The number of aryl methyl sites for hydroxylation is 1. The van der Waals surface area contributed by atoms with E-state index in [1.807, 2.05) is 12.1 Å². The molecule has 6 nitrogen and oxygen atoms in total. The number of ether oxygens (including phenoxy) is 1. The molecule has 3 aromatic heterocycles. The average molecular weight is 793 g/mol. The minimum atomic E-state index is -0.0494. The van der Waals surface area contributed by atoms with Crippen molar-refractivity contribution in [3.8, 4) is 39.6 Å². The third kappa shape index (κ3) is 6.30. The highest BCUT2D eigenvalue weighted by Crippen LogP contribution is 2.51. The summed E-state index contributed by atoms with van der Waals surface area (Å²) in [5.41, 5.74) is 14.4. The molecule has 0 aliphatic carbocycles. The third-order valence-corrected chi connectivity index (χ3v) is 12.0. The monoisotopic (exact) mass is 792 g/mol. The summed E-state index contributed by atoms with van der Waals surface area (Å²) in [7, 11) is 0. The van der Waals surface area contributed by atoms with E-state index in [1.165, 1.54) is 33.5 Å². The van der Waals surface area contributed by atoms with Crippen LogP contribution in [0.3, 0.4) is 0 Å². The van der Waals surface area contributed by atoms with Crippen molar-refractivity contribution in [2.24, 2.45) is 0 Å². The molecule has 0 unspecified atom stereocenters. The van der Waals surface area contributed by atoms with Gasteiger partial charge in [0.25, 0.3) is 0 Å². The maximum Gasteiger partial charge on any atom is 0.228 e. The molecule has 0 bridgehead atoms. The number of anilines is 4. The molecule has 0 saturated heterocycles. The van der Waals surface area contributed by atoms with Gasteiger partial charge < -0.3 is 19.0 Å². The minimum absolute atomic E-state index is 0.0494. The van der Waals surface area contributed by atoms with Gasteiger partial charge in [0.05, 0.1) is 34.4 Å². The standard InChI is InChI=1S/C55H44N4O2/c1-36-30-52(56-54-43(36)28-29-60-54)59-48-23-12-11-22-44(48)45-27-26-42(34-51(45)59)61-41-21-15-20-40(33-41)57-35-58(50-25-14-13-24-49(50)57)53-46(37-16-7-5-8-17-37)31-39(55(2,3)4)32-47(53)38-18-9-6-10-19-38/h5-34H,35H2,1-4H3. The Morgan fingerprint density at radius 2 is 1.20 bits per heavy atom. The Morgan fingerprint density at radius 3 is 1.92 bits per heavy atom. The molecular weight excluding hydrogens is 749 g/mol. The number of hydrogen-bond donors (Lipinski definition) is 0. The fraction of sp³-hybridized carbons (Fsp3) is 0.109. The van der Waals surface area contributed by atoms with Gasteiger partial charge in [-0.1, -0.05) is 118 Å². The molecule has 296 valence electrons. The van der Waals surface area contributed by atoms with Gasteiger partial charge in [0.2, 0.25) is 5.71 Å². The number of furan rings is 1. The van der Waals surface area contributed by atoms with Crippen molar-refractivity contribution in [1.29, 1.82) is 0 Å². The first-order valence-electron chi connectivity index (χ1n) is 20.9. The number of fused-ring (bicyclic) bond motifs is 5. The molecular formula is C55H44N4O2. The highest BCUT2D eigenvalue weighted by molar-refractivity contribution is 6.09.